The van der Waals surface area contributed by atoms with Gasteiger partial charge in [0.2, 0.25) is 6.29 Å². The summed E-state index contributed by atoms with van der Waals surface area (Å²) in [6.07, 6.45) is -0.0602. The molecule has 0 spiro atoms. The highest BCUT2D eigenvalue weighted by molar-refractivity contribution is 7.99. The van der Waals surface area contributed by atoms with Crippen molar-refractivity contribution in [2.45, 2.75) is 25.7 Å². The van der Waals surface area contributed by atoms with E-state index in [9.17, 15) is 9.59 Å². The van der Waals surface area contributed by atoms with Crippen LogP contribution in [0, 0.1) is 0 Å². The van der Waals surface area contributed by atoms with Crippen LogP contribution in [0.15, 0.2) is 12.7 Å². The predicted molar refractivity (Wildman–Crippen MR) is 63.5 cm³/mol. The minimum atomic E-state index is -0.893. The summed E-state index contributed by atoms with van der Waals surface area (Å²) < 4.78 is 15.2. The van der Waals surface area contributed by atoms with Crippen molar-refractivity contribution in [3.05, 3.63) is 12.7 Å². The molecule has 1 saturated heterocycles. The van der Waals surface area contributed by atoms with Crippen LogP contribution in [-0.2, 0) is 23.8 Å². The van der Waals surface area contributed by atoms with Gasteiger partial charge in [-0.3, -0.25) is 0 Å². The fourth-order valence-electron chi connectivity index (χ4n) is 1.23. The lowest BCUT2D eigenvalue weighted by Crippen LogP contribution is -2.35. The summed E-state index contributed by atoms with van der Waals surface area (Å²) in [6, 6.07) is 0. The zero-order valence-electron chi connectivity index (χ0n) is 9.72. The highest BCUT2D eigenvalue weighted by Gasteiger charge is 2.26. The van der Waals surface area contributed by atoms with E-state index >= 15 is 0 Å². The van der Waals surface area contributed by atoms with E-state index in [0.29, 0.717) is 18.8 Å². The zero-order valence-corrected chi connectivity index (χ0v) is 10.5. The van der Waals surface area contributed by atoms with Crippen LogP contribution in [0.3, 0.4) is 0 Å². The summed E-state index contributed by atoms with van der Waals surface area (Å²) in [5.74, 6) is 0.303. The molecule has 0 aromatic heterocycles. The molecule has 1 aliphatic heterocycles. The summed E-state index contributed by atoms with van der Waals surface area (Å²) in [4.78, 5) is 22.7. The molecule has 0 amide bonds. The molecule has 5 nitrogen and oxygen atoms in total. The smallest absolute Gasteiger partial charge is 0.349 e. The number of carbonyl (C=O) groups is 2. The van der Waals surface area contributed by atoms with Gasteiger partial charge >= 0.3 is 11.9 Å². The van der Waals surface area contributed by atoms with Gasteiger partial charge < -0.3 is 14.2 Å². The van der Waals surface area contributed by atoms with Gasteiger partial charge in [-0.1, -0.05) is 13.5 Å². The van der Waals surface area contributed by atoms with Gasteiger partial charge in [0.05, 0.1) is 12.4 Å². The van der Waals surface area contributed by atoms with Crippen LogP contribution in [0.5, 0.6) is 0 Å². The Bertz CT molecular complexity index is 286. The third-order valence-electron chi connectivity index (χ3n) is 2.09. The normalized spacial score (nSPS) is 21.4. The first-order chi connectivity index (χ1) is 8.17. The van der Waals surface area contributed by atoms with Crippen LogP contribution in [-0.4, -0.2) is 42.4 Å². The van der Waals surface area contributed by atoms with Crippen molar-refractivity contribution >= 4 is 23.7 Å². The molecule has 1 fully saturated rings. The molecule has 0 saturated carbocycles. The van der Waals surface area contributed by atoms with Crippen molar-refractivity contribution in [3.63, 3.8) is 0 Å². The Kier molecular flexibility index (Phi) is 6.07. The average Bonchev–Trinajstić information content (AvgIpc) is 2.36. The molecule has 96 valence electrons. The van der Waals surface area contributed by atoms with Gasteiger partial charge in [0.1, 0.15) is 0 Å². The van der Waals surface area contributed by atoms with Crippen molar-refractivity contribution in [1.82, 2.24) is 0 Å². The number of thioether (sulfide) groups is 1. The maximum atomic E-state index is 11.7. The van der Waals surface area contributed by atoms with Crippen LogP contribution < -0.4 is 0 Å². The molecule has 0 aliphatic carbocycles. The van der Waals surface area contributed by atoms with Crippen molar-refractivity contribution in [2.24, 2.45) is 0 Å². The van der Waals surface area contributed by atoms with Crippen molar-refractivity contribution in [2.75, 3.05) is 18.1 Å². The fraction of sp³-hybridized carbons (Fsp3) is 0.636. The molecule has 2 unspecified atom stereocenters. The van der Waals surface area contributed by atoms with E-state index in [1.807, 2.05) is 0 Å². The van der Waals surface area contributed by atoms with Crippen molar-refractivity contribution in [1.29, 1.82) is 0 Å². The minimum Gasteiger partial charge on any atom is -0.447 e. The summed E-state index contributed by atoms with van der Waals surface area (Å²) >= 11 is 1.66. The second kappa shape index (κ2) is 7.34. The van der Waals surface area contributed by atoms with Gasteiger partial charge in [-0.25, -0.2) is 9.59 Å². The zero-order chi connectivity index (χ0) is 12.7. The topological polar surface area (TPSA) is 61.8 Å². The van der Waals surface area contributed by atoms with E-state index in [4.69, 9.17) is 14.2 Å². The fourth-order valence-corrected chi connectivity index (χ4v) is 1.96. The maximum absolute atomic E-state index is 11.7. The Morgan fingerprint density at radius 2 is 2.41 bits per heavy atom. The first-order valence-electron chi connectivity index (χ1n) is 5.40. The molecule has 1 heterocycles. The minimum absolute atomic E-state index is 0.359. The first kappa shape index (κ1) is 14.1. The lowest BCUT2D eigenvalue weighted by atomic mass is 10.3. The molecule has 6 heteroatoms. The maximum Gasteiger partial charge on any atom is 0.349 e. The Labute approximate surface area is 104 Å². The Morgan fingerprint density at radius 3 is 2.94 bits per heavy atom. The highest BCUT2D eigenvalue weighted by Crippen LogP contribution is 2.15. The van der Waals surface area contributed by atoms with Gasteiger partial charge in [-0.2, -0.15) is 11.8 Å². The van der Waals surface area contributed by atoms with Crippen LogP contribution in [0.4, 0.5) is 0 Å². The molecule has 0 N–H and O–H groups in total. The predicted octanol–water partition coefficient (Wildman–Crippen LogP) is 1.13. The monoisotopic (exact) mass is 260 g/mol. The number of hydrogen-bond donors (Lipinski definition) is 0. The van der Waals surface area contributed by atoms with Gasteiger partial charge in [-0.15, -0.1) is 0 Å². The molecule has 0 radical (unpaired) electrons. The lowest BCUT2D eigenvalue weighted by Gasteiger charge is -2.24. The van der Waals surface area contributed by atoms with Crippen LogP contribution in [0.1, 0.15) is 13.3 Å². The van der Waals surface area contributed by atoms with Crippen LogP contribution in [0.25, 0.3) is 0 Å². The van der Waals surface area contributed by atoms with E-state index in [-0.39, 0.29) is 0 Å². The molecule has 0 aromatic carbocycles. The number of rotatable bonds is 5. The molecule has 0 bridgehead atoms. The Morgan fingerprint density at radius 1 is 1.65 bits per heavy atom. The van der Waals surface area contributed by atoms with E-state index < -0.39 is 24.3 Å². The molecule has 2 atom stereocenters. The molecular weight excluding hydrogens is 244 g/mol. The number of hydrogen-bond acceptors (Lipinski definition) is 6. The summed E-state index contributed by atoms with van der Waals surface area (Å²) in [5, 5.41) is 0. The average molecular weight is 260 g/mol. The van der Waals surface area contributed by atoms with Crippen LogP contribution in [0.2, 0.25) is 0 Å². The van der Waals surface area contributed by atoms with E-state index in [1.54, 1.807) is 18.7 Å². The molecule has 0 aromatic rings. The molecule has 17 heavy (non-hydrogen) atoms. The van der Waals surface area contributed by atoms with Crippen molar-refractivity contribution < 1.29 is 23.8 Å². The molecule has 1 aliphatic rings. The van der Waals surface area contributed by atoms with Gasteiger partial charge in [0, 0.05) is 11.8 Å². The van der Waals surface area contributed by atoms with E-state index in [0.717, 1.165) is 11.8 Å². The highest BCUT2D eigenvalue weighted by atomic mass is 32.2. The number of esters is 2. The van der Waals surface area contributed by atoms with E-state index in [1.165, 1.54) is 0 Å². The Balaban J connectivity index is 2.42. The summed E-state index contributed by atoms with van der Waals surface area (Å²) in [7, 11) is 0. The van der Waals surface area contributed by atoms with Crippen LogP contribution >= 0.6 is 11.8 Å². The summed E-state index contributed by atoms with van der Waals surface area (Å²) in [6.45, 7) is 5.56. The lowest BCUT2D eigenvalue weighted by molar-refractivity contribution is -0.188. The van der Waals surface area contributed by atoms with Crippen molar-refractivity contribution in [3.8, 4) is 0 Å². The first-order valence-corrected chi connectivity index (χ1v) is 6.55. The van der Waals surface area contributed by atoms with Gasteiger partial charge in [-0.05, 0) is 6.42 Å². The summed E-state index contributed by atoms with van der Waals surface area (Å²) in [5.41, 5.74) is 0. The van der Waals surface area contributed by atoms with Gasteiger partial charge in [0.15, 0.2) is 6.10 Å². The number of ether oxygens (including phenoxy) is 3. The largest absolute Gasteiger partial charge is 0.447 e. The second-order valence-electron chi connectivity index (χ2n) is 3.35. The van der Waals surface area contributed by atoms with E-state index in [2.05, 4.69) is 6.58 Å². The SMILES string of the molecule is C=CC(=O)OC(CC)C(=O)OC1CSCCO1. The molecule has 1 rings (SSSR count). The third-order valence-corrected chi connectivity index (χ3v) is 3.05. The molecular formula is C11H16O5S. The number of carbonyl (C=O) groups excluding carboxylic acids is 2. The quantitative estimate of drug-likeness (QED) is 0.545. The third kappa shape index (κ3) is 4.79. The second-order valence-corrected chi connectivity index (χ2v) is 4.50. The standard InChI is InChI=1S/C11H16O5S/c1-3-8(15-9(12)4-2)11(13)16-10-7-17-6-5-14-10/h4,8,10H,2-3,5-7H2,1H3. The Hall–Kier alpha value is -1.01. The van der Waals surface area contributed by atoms with Gasteiger partial charge in [0.25, 0.3) is 0 Å².